The molecule has 5 aliphatic rings. The maximum absolute atomic E-state index is 13.0. The van der Waals surface area contributed by atoms with Crippen LogP contribution in [-0.4, -0.2) is 41.3 Å². The zero-order valence-electron chi connectivity index (χ0n) is 33.9. The van der Waals surface area contributed by atoms with Crippen LogP contribution in [0.15, 0.2) is 121 Å². The van der Waals surface area contributed by atoms with Gasteiger partial charge in [-0.3, -0.25) is 9.59 Å². The van der Waals surface area contributed by atoms with Gasteiger partial charge in [-0.25, -0.2) is 0 Å². The van der Waals surface area contributed by atoms with E-state index in [9.17, 15) is 33.0 Å². The summed E-state index contributed by atoms with van der Waals surface area (Å²) >= 11 is 0. The molecule has 0 saturated heterocycles. The van der Waals surface area contributed by atoms with E-state index in [0.29, 0.717) is 35.8 Å². The Kier molecular flexibility index (Phi) is 11.1. The standard InChI is InChI=1S/C50H51F3N2O6/c51-50(52,53)38-14-12-35(13-15-38)45(57)47(59)55-41-8-3-9-43(23-41)61-28-33-5-2-7-37(19-33)36-6-1-4-32(18-36)27-60-42-16-10-31(11-17-42)21-44(56)46(58)54-30-48-24-34-20-39-22-40(26-48)49(39,25-34)29-48/h1-17,19,23,34,36,39-40,44-45,56-57H,18,20-22,24-30H2,(H,54,58)(H,55,59). The second kappa shape index (κ2) is 16.5. The largest absolute Gasteiger partial charge is 0.489 e. The van der Waals surface area contributed by atoms with Crippen LogP contribution >= 0.6 is 0 Å². The van der Waals surface area contributed by atoms with Crippen molar-refractivity contribution in [2.45, 2.75) is 82.3 Å². The highest BCUT2D eigenvalue weighted by molar-refractivity contribution is 5.94. The van der Waals surface area contributed by atoms with E-state index >= 15 is 0 Å². The summed E-state index contributed by atoms with van der Waals surface area (Å²) < 4.78 is 50.9. The summed E-state index contributed by atoms with van der Waals surface area (Å²) in [7, 11) is 0. The normalized spacial score (nSPS) is 26.7. The van der Waals surface area contributed by atoms with Crippen LogP contribution in [0.2, 0.25) is 0 Å². The number of ether oxygens (including phenoxy) is 2. The van der Waals surface area contributed by atoms with Crippen LogP contribution < -0.4 is 20.1 Å². The molecule has 4 aromatic rings. The number of alkyl halides is 3. The summed E-state index contributed by atoms with van der Waals surface area (Å²) in [6.07, 6.45) is 8.00. The van der Waals surface area contributed by atoms with Crippen molar-refractivity contribution in [1.29, 1.82) is 0 Å². The number of rotatable bonds is 15. The Morgan fingerprint density at radius 3 is 2.39 bits per heavy atom. The van der Waals surface area contributed by atoms with Crippen LogP contribution in [0.4, 0.5) is 18.9 Å². The van der Waals surface area contributed by atoms with Gasteiger partial charge in [0.15, 0.2) is 6.10 Å². The third kappa shape index (κ3) is 8.73. The quantitative estimate of drug-likeness (QED) is 0.0950. The molecule has 11 heteroatoms. The molecule has 318 valence electrons. The minimum absolute atomic E-state index is 0.0407. The van der Waals surface area contributed by atoms with E-state index in [1.165, 1.54) is 38.5 Å². The molecule has 8 atom stereocenters. The van der Waals surface area contributed by atoms with Crippen molar-refractivity contribution in [2.24, 2.45) is 28.6 Å². The number of aliphatic hydroxyl groups excluding tert-OH is 2. The van der Waals surface area contributed by atoms with E-state index in [2.05, 4.69) is 34.9 Å². The van der Waals surface area contributed by atoms with Crippen molar-refractivity contribution in [2.75, 3.05) is 18.5 Å². The fraction of sp³-hybridized carbons (Fsp3) is 0.400. The van der Waals surface area contributed by atoms with Gasteiger partial charge in [0.25, 0.3) is 5.91 Å². The SMILES string of the molecule is O=C(NCC12CC3CC4CC(C1)C4(C3)C2)C(O)Cc1ccc(OCC2=CC=CC(c3cccc(COc4cccc(NC(=O)C(O)c5ccc(C(F)(F)F)cc5)c4)c3)C2)cc1. The molecule has 2 amide bonds. The van der Waals surface area contributed by atoms with Gasteiger partial charge >= 0.3 is 6.18 Å². The topological polar surface area (TPSA) is 117 Å². The lowest BCUT2D eigenvalue weighted by molar-refractivity contribution is -0.137. The predicted molar refractivity (Wildman–Crippen MR) is 225 cm³/mol. The first-order chi connectivity index (χ1) is 29.3. The van der Waals surface area contributed by atoms with Gasteiger partial charge < -0.3 is 30.3 Å². The second-order valence-corrected chi connectivity index (χ2v) is 18.2. The number of benzene rings is 4. The van der Waals surface area contributed by atoms with Gasteiger partial charge in [-0.1, -0.05) is 72.8 Å². The van der Waals surface area contributed by atoms with E-state index in [0.717, 1.165) is 70.7 Å². The molecular weight excluding hydrogens is 782 g/mol. The van der Waals surface area contributed by atoms with Crippen molar-refractivity contribution in [3.8, 4) is 11.5 Å². The number of fused-ring (bicyclic) bond motifs is 2. The first kappa shape index (κ1) is 41.0. The molecule has 4 saturated carbocycles. The van der Waals surface area contributed by atoms with Gasteiger partial charge in [-0.05, 0) is 138 Å². The van der Waals surface area contributed by atoms with E-state index in [1.54, 1.807) is 24.3 Å². The van der Waals surface area contributed by atoms with Crippen molar-refractivity contribution < 1.29 is 42.4 Å². The fourth-order valence-corrected chi connectivity index (χ4v) is 11.4. The van der Waals surface area contributed by atoms with Crippen LogP contribution in [0.1, 0.15) is 84.8 Å². The highest BCUT2D eigenvalue weighted by Crippen LogP contribution is 2.78. The second-order valence-electron chi connectivity index (χ2n) is 18.2. The van der Waals surface area contributed by atoms with E-state index < -0.39 is 29.9 Å². The number of hydrogen-bond donors (Lipinski definition) is 4. The molecule has 0 heterocycles. The maximum Gasteiger partial charge on any atom is 0.416 e. The van der Waals surface area contributed by atoms with E-state index in [1.807, 2.05) is 42.5 Å². The average Bonchev–Trinajstić information content (AvgIpc) is 3.58. The Morgan fingerprint density at radius 2 is 1.59 bits per heavy atom. The molecule has 0 radical (unpaired) electrons. The van der Waals surface area contributed by atoms with Crippen molar-refractivity contribution in [1.82, 2.24) is 5.32 Å². The van der Waals surface area contributed by atoms with Crippen LogP contribution in [0, 0.1) is 28.6 Å². The molecule has 5 aliphatic carbocycles. The van der Waals surface area contributed by atoms with Gasteiger partial charge in [0.2, 0.25) is 5.91 Å². The molecule has 9 rings (SSSR count). The molecule has 4 fully saturated rings. The van der Waals surface area contributed by atoms with Gasteiger partial charge in [-0.15, -0.1) is 0 Å². The number of aliphatic hydroxyl groups is 2. The number of carbonyl (C=O) groups excluding carboxylic acids is 2. The maximum atomic E-state index is 13.0. The molecule has 3 bridgehead atoms. The summed E-state index contributed by atoms with van der Waals surface area (Å²) in [6.45, 7) is 1.38. The number of anilines is 1. The molecule has 0 aromatic heterocycles. The molecule has 4 N–H and O–H groups in total. The van der Waals surface area contributed by atoms with Crippen LogP contribution in [0.25, 0.3) is 0 Å². The van der Waals surface area contributed by atoms with Crippen molar-refractivity contribution in [3.63, 3.8) is 0 Å². The molecule has 4 aromatic carbocycles. The lowest BCUT2D eigenvalue weighted by Gasteiger charge is -2.49. The highest BCUT2D eigenvalue weighted by Gasteiger charge is 2.70. The number of hydrogen-bond acceptors (Lipinski definition) is 6. The third-order valence-corrected chi connectivity index (χ3v) is 14.1. The molecule has 0 aliphatic heterocycles. The predicted octanol–water partition coefficient (Wildman–Crippen LogP) is 9.24. The van der Waals surface area contributed by atoms with Gasteiger partial charge in [0.05, 0.1) is 5.56 Å². The van der Waals surface area contributed by atoms with E-state index in [-0.39, 0.29) is 35.8 Å². The Morgan fingerprint density at radius 1 is 0.803 bits per heavy atom. The highest BCUT2D eigenvalue weighted by atomic mass is 19.4. The van der Waals surface area contributed by atoms with Crippen molar-refractivity contribution in [3.05, 3.63) is 149 Å². The summed E-state index contributed by atoms with van der Waals surface area (Å²) in [6, 6.07) is 26.2. The molecule has 8 nitrogen and oxygen atoms in total. The summed E-state index contributed by atoms with van der Waals surface area (Å²) in [4.78, 5) is 25.7. The average molecular weight is 833 g/mol. The minimum Gasteiger partial charge on any atom is -0.489 e. The third-order valence-electron chi connectivity index (χ3n) is 14.1. The van der Waals surface area contributed by atoms with Crippen LogP contribution in [0.5, 0.6) is 11.5 Å². The van der Waals surface area contributed by atoms with Crippen molar-refractivity contribution >= 4 is 17.5 Å². The van der Waals surface area contributed by atoms with Gasteiger partial charge in [0, 0.05) is 30.6 Å². The monoisotopic (exact) mass is 832 g/mol. The Balaban J connectivity index is 0.715. The smallest absolute Gasteiger partial charge is 0.416 e. The number of allylic oxidation sites excluding steroid dienone is 3. The summed E-state index contributed by atoms with van der Waals surface area (Å²) in [5.41, 5.74) is 4.45. The molecule has 61 heavy (non-hydrogen) atoms. The molecule has 1 spiro atoms. The summed E-state index contributed by atoms with van der Waals surface area (Å²) in [5.74, 6) is 2.89. The first-order valence-corrected chi connectivity index (χ1v) is 21.3. The Hall–Kier alpha value is -5.39. The van der Waals surface area contributed by atoms with Crippen LogP contribution in [-0.2, 0) is 28.8 Å². The lowest BCUT2D eigenvalue weighted by atomic mass is 9.55. The fourth-order valence-electron chi connectivity index (χ4n) is 11.4. The number of halogens is 3. The Bertz CT molecular complexity index is 2320. The number of nitrogens with one attached hydrogen (secondary N) is 2. The van der Waals surface area contributed by atoms with E-state index in [4.69, 9.17) is 9.47 Å². The number of carbonyl (C=O) groups is 2. The van der Waals surface area contributed by atoms with Gasteiger partial charge in [-0.2, -0.15) is 13.2 Å². The summed E-state index contributed by atoms with van der Waals surface area (Å²) in [5, 5.41) is 27.0. The Labute approximate surface area is 353 Å². The van der Waals surface area contributed by atoms with Crippen LogP contribution in [0.3, 0.4) is 0 Å². The molecular formula is C50H51F3N2O6. The minimum atomic E-state index is -4.52. The zero-order valence-corrected chi connectivity index (χ0v) is 33.9. The zero-order chi connectivity index (χ0) is 42.4. The molecule has 8 unspecified atom stereocenters. The van der Waals surface area contributed by atoms with Gasteiger partial charge in [0.1, 0.15) is 30.8 Å². The number of amides is 2. The first-order valence-electron chi connectivity index (χ1n) is 21.3. The lowest BCUT2D eigenvalue weighted by Crippen LogP contribution is -2.44.